The van der Waals surface area contributed by atoms with Gasteiger partial charge in [0.1, 0.15) is 0 Å². The number of amides is 1. The summed E-state index contributed by atoms with van der Waals surface area (Å²) in [4.78, 5) is 14.1. The molecule has 0 bridgehead atoms. The fourth-order valence-corrected chi connectivity index (χ4v) is 3.05. The average molecular weight is 320 g/mol. The molecule has 2 rings (SSSR count). The van der Waals surface area contributed by atoms with Crippen molar-refractivity contribution in [1.29, 1.82) is 0 Å². The Labute approximate surface area is 132 Å². The molecule has 0 atom stereocenters. The van der Waals surface area contributed by atoms with Crippen LogP contribution in [0.2, 0.25) is 0 Å². The number of aromatic nitrogens is 2. The fourth-order valence-electron chi connectivity index (χ4n) is 1.54. The van der Waals surface area contributed by atoms with Gasteiger partial charge < -0.3 is 4.90 Å². The number of carbonyl (C=O) groups is 1. The molecular formula is C14H16N4OS2. The molecule has 0 aliphatic rings. The lowest BCUT2D eigenvalue weighted by Crippen LogP contribution is -2.14. The molecule has 0 aliphatic heterocycles. The molecule has 0 spiro atoms. The summed E-state index contributed by atoms with van der Waals surface area (Å²) in [5.74, 6) is 0.586. The first kappa shape index (κ1) is 15.5. The third-order valence-electron chi connectivity index (χ3n) is 2.58. The van der Waals surface area contributed by atoms with Crippen LogP contribution in [0.25, 0.3) is 0 Å². The number of nitrogens with one attached hydrogen (secondary N) is 1. The highest BCUT2D eigenvalue weighted by atomic mass is 32.2. The number of carbonyl (C=O) groups excluding carboxylic acids is 1. The molecule has 0 fully saturated rings. The lowest BCUT2D eigenvalue weighted by Gasteiger charge is -2.13. The Kier molecular flexibility index (Phi) is 5.35. The third kappa shape index (κ3) is 4.30. The SMILES string of the molecule is C=CCSc1nnc(NC(=O)c2cccc(N(C)C)c2)s1. The van der Waals surface area contributed by atoms with Crippen LogP contribution < -0.4 is 10.2 Å². The normalized spacial score (nSPS) is 10.2. The Hall–Kier alpha value is -1.86. The topological polar surface area (TPSA) is 58.1 Å². The summed E-state index contributed by atoms with van der Waals surface area (Å²) in [5, 5.41) is 11.2. The second-order valence-corrected chi connectivity index (χ2v) is 6.62. The first-order valence-electron chi connectivity index (χ1n) is 6.26. The first-order chi connectivity index (χ1) is 10.1. The second-order valence-electron chi connectivity index (χ2n) is 4.37. The van der Waals surface area contributed by atoms with Crippen molar-refractivity contribution in [2.24, 2.45) is 0 Å². The van der Waals surface area contributed by atoms with E-state index in [0.717, 1.165) is 15.8 Å². The lowest BCUT2D eigenvalue weighted by atomic mass is 10.2. The van der Waals surface area contributed by atoms with E-state index in [9.17, 15) is 4.79 Å². The highest BCUT2D eigenvalue weighted by Gasteiger charge is 2.11. The standard InChI is InChI=1S/C14H16N4OS2/c1-4-8-20-14-17-16-13(21-14)15-12(19)10-6-5-7-11(9-10)18(2)3/h4-7,9H,1,8H2,2-3H3,(H,15,16,19). The maximum absolute atomic E-state index is 12.2. The van der Waals surface area contributed by atoms with Gasteiger partial charge in [-0.1, -0.05) is 35.2 Å². The van der Waals surface area contributed by atoms with Gasteiger partial charge in [-0.3, -0.25) is 10.1 Å². The van der Waals surface area contributed by atoms with Gasteiger partial charge in [0.05, 0.1) is 0 Å². The summed E-state index contributed by atoms with van der Waals surface area (Å²) in [7, 11) is 3.87. The molecule has 0 aliphatic carbocycles. The van der Waals surface area contributed by atoms with Crippen LogP contribution in [0.15, 0.2) is 41.3 Å². The quantitative estimate of drug-likeness (QED) is 0.503. The van der Waals surface area contributed by atoms with Crippen molar-refractivity contribution in [3.63, 3.8) is 0 Å². The monoisotopic (exact) mass is 320 g/mol. The highest BCUT2D eigenvalue weighted by Crippen LogP contribution is 2.25. The molecule has 1 aromatic heterocycles. The van der Waals surface area contributed by atoms with Crippen molar-refractivity contribution < 1.29 is 4.79 Å². The van der Waals surface area contributed by atoms with Gasteiger partial charge in [0.25, 0.3) is 5.91 Å². The molecule has 21 heavy (non-hydrogen) atoms. The van der Waals surface area contributed by atoms with Gasteiger partial charge in [-0.05, 0) is 18.2 Å². The molecule has 1 amide bonds. The van der Waals surface area contributed by atoms with Crippen molar-refractivity contribution in [3.8, 4) is 0 Å². The van der Waals surface area contributed by atoms with Crippen LogP contribution in [0.1, 0.15) is 10.4 Å². The number of hydrogen-bond acceptors (Lipinski definition) is 6. The fraction of sp³-hybridized carbons (Fsp3) is 0.214. The molecule has 5 nitrogen and oxygen atoms in total. The zero-order valence-electron chi connectivity index (χ0n) is 11.9. The van der Waals surface area contributed by atoms with Crippen molar-refractivity contribution in [1.82, 2.24) is 10.2 Å². The van der Waals surface area contributed by atoms with E-state index in [4.69, 9.17) is 0 Å². The summed E-state index contributed by atoms with van der Waals surface area (Å²) in [6, 6.07) is 7.42. The van der Waals surface area contributed by atoms with E-state index in [2.05, 4.69) is 22.1 Å². The zero-order valence-corrected chi connectivity index (χ0v) is 13.5. The minimum absolute atomic E-state index is 0.185. The van der Waals surface area contributed by atoms with E-state index < -0.39 is 0 Å². The van der Waals surface area contributed by atoms with E-state index in [1.807, 2.05) is 37.2 Å². The Balaban J connectivity index is 2.05. The molecule has 1 heterocycles. The van der Waals surface area contributed by atoms with Gasteiger partial charge in [-0.15, -0.1) is 16.8 Å². The number of thioether (sulfide) groups is 1. The largest absolute Gasteiger partial charge is 0.378 e. The molecule has 0 saturated carbocycles. The molecule has 110 valence electrons. The summed E-state index contributed by atoms with van der Waals surface area (Å²) < 4.78 is 0.812. The highest BCUT2D eigenvalue weighted by molar-refractivity contribution is 8.01. The van der Waals surface area contributed by atoms with Crippen LogP contribution in [-0.4, -0.2) is 36.0 Å². The van der Waals surface area contributed by atoms with Crippen molar-refractivity contribution in [2.45, 2.75) is 4.34 Å². The van der Waals surface area contributed by atoms with Crippen LogP contribution in [-0.2, 0) is 0 Å². The summed E-state index contributed by atoms with van der Waals surface area (Å²) >= 11 is 2.90. The summed E-state index contributed by atoms with van der Waals surface area (Å²) in [6.07, 6.45) is 1.80. The van der Waals surface area contributed by atoms with Crippen molar-refractivity contribution >= 4 is 39.8 Å². The van der Waals surface area contributed by atoms with Crippen LogP contribution in [0.4, 0.5) is 10.8 Å². The van der Waals surface area contributed by atoms with Crippen molar-refractivity contribution in [2.75, 3.05) is 30.1 Å². The van der Waals surface area contributed by atoms with Crippen LogP contribution in [0, 0.1) is 0 Å². The Morgan fingerprint density at radius 3 is 3.00 bits per heavy atom. The van der Waals surface area contributed by atoms with E-state index in [0.29, 0.717) is 10.7 Å². The Morgan fingerprint density at radius 1 is 1.48 bits per heavy atom. The molecule has 0 radical (unpaired) electrons. The third-order valence-corrected chi connectivity index (χ3v) is 4.54. The lowest BCUT2D eigenvalue weighted by molar-refractivity contribution is 0.102. The van der Waals surface area contributed by atoms with Gasteiger partial charge in [0.2, 0.25) is 5.13 Å². The minimum Gasteiger partial charge on any atom is -0.378 e. The van der Waals surface area contributed by atoms with E-state index in [1.165, 1.54) is 23.1 Å². The second kappa shape index (κ2) is 7.24. The first-order valence-corrected chi connectivity index (χ1v) is 8.06. The summed E-state index contributed by atoms with van der Waals surface area (Å²) in [5.41, 5.74) is 1.57. The number of hydrogen-bond donors (Lipinski definition) is 1. The maximum Gasteiger partial charge on any atom is 0.257 e. The van der Waals surface area contributed by atoms with Crippen LogP contribution >= 0.6 is 23.1 Å². The van der Waals surface area contributed by atoms with Gasteiger partial charge in [0, 0.05) is 31.1 Å². The molecule has 0 saturated heterocycles. The Bertz CT molecular complexity index is 639. The molecule has 1 aromatic carbocycles. The zero-order chi connectivity index (χ0) is 15.2. The predicted octanol–water partition coefficient (Wildman–Crippen LogP) is 3.13. The van der Waals surface area contributed by atoms with Crippen molar-refractivity contribution in [3.05, 3.63) is 42.5 Å². The smallest absolute Gasteiger partial charge is 0.257 e. The van der Waals surface area contributed by atoms with E-state index in [1.54, 1.807) is 12.1 Å². The number of anilines is 2. The molecule has 2 aromatic rings. The Morgan fingerprint density at radius 2 is 2.29 bits per heavy atom. The summed E-state index contributed by atoms with van der Waals surface area (Å²) in [6.45, 7) is 3.65. The minimum atomic E-state index is -0.185. The molecular weight excluding hydrogens is 304 g/mol. The maximum atomic E-state index is 12.2. The van der Waals surface area contributed by atoms with Gasteiger partial charge >= 0.3 is 0 Å². The molecule has 1 N–H and O–H groups in total. The van der Waals surface area contributed by atoms with Crippen LogP contribution in [0.3, 0.4) is 0 Å². The van der Waals surface area contributed by atoms with E-state index in [-0.39, 0.29) is 5.91 Å². The van der Waals surface area contributed by atoms with Crippen LogP contribution in [0.5, 0.6) is 0 Å². The number of benzene rings is 1. The average Bonchev–Trinajstić information content (AvgIpc) is 2.92. The van der Waals surface area contributed by atoms with Gasteiger partial charge in [-0.25, -0.2) is 0 Å². The number of rotatable bonds is 6. The molecule has 7 heteroatoms. The van der Waals surface area contributed by atoms with Gasteiger partial charge in [-0.2, -0.15) is 0 Å². The van der Waals surface area contributed by atoms with E-state index >= 15 is 0 Å². The van der Waals surface area contributed by atoms with Gasteiger partial charge in [0.15, 0.2) is 4.34 Å². The molecule has 0 unspecified atom stereocenters. The predicted molar refractivity (Wildman–Crippen MR) is 89.6 cm³/mol. The number of nitrogens with zero attached hydrogens (tertiary/aromatic N) is 3.